The number of nitrogens with one attached hydrogen (secondary N) is 1. The van der Waals surface area contributed by atoms with Crippen molar-refractivity contribution in [3.05, 3.63) is 53.0 Å². The van der Waals surface area contributed by atoms with E-state index in [0.717, 1.165) is 17.1 Å². The molecule has 1 amide bonds. The van der Waals surface area contributed by atoms with Crippen LogP contribution in [0.3, 0.4) is 0 Å². The molecule has 3 rings (SSSR count). The van der Waals surface area contributed by atoms with Gasteiger partial charge in [0.15, 0.2) is 11.6 Å². The molecule has 6 nitrogen and oxygen atoms in total. The minimum atomic E-state index is -0.430. The number of carbonyl (C=O) groups is 2. The van der Waals surface area contributed by atoms with Crippen molar-refractivity contribution in [3.8, 4) is 11.3 Å². The number of amides is 1. The Bertz CT molecular complexity index is 886. The molecule has 0 aliphatic carbocycles. The van der Waals surface area contributed by atoms with Gasteiger partial charge >= 0.3 is 0 Å². The molecule has 0 bridgehead atoms. The first kappa shape index (κ1) is 16.4. The van der Waals surface area contributed by atoms with Gasteiger partial charge in [0, 0.05) is 22.1 Å². The van der Waals surface area contributed by atoms with E-state index in [2.05, 4.69) is 14.7 Å². The predicted octanol–water partition coefficient (Wildman–Crippen LogP) is 3.84. The molecule has 0 saturated carbocycles. The van der Waals surface area contributed by atoms with Gasteiger partial charge in [-0.25, -0.2) is 4.98 Å². The third kappa shape index (κ3) is 3.87. The molecule has 0 atom stereocenters. The monoisotopic (exact) mass is 361 g/mol. The zero-order chi connectivity index (χ0) is 17.1. The van der Waals surface area contributed by atoms with Crippen molar-refractivity contribution in [2.24, 2.45) is 0 Å². The van der Waals surface area contributed by atoms with E-state index in [9.17, 15) is 9.59 Å². The Morgan fingerprint density at radius 1 is 1.21 bits per heavy atom. The summed E-state index contributed by atoms with van der Waals surface area (Å²) < 4.78 is 9.58. The molecule has 0 saturated heterocycles. The van der Waals surface area contributed by atoms with Gasteiger partial charge in [-0.05, 0) is 43.3 Å². The van der Waals surface area contributed by atoms with Gasteiger partial charge in [0.2, 0.25) is 5.13 Å². The van der Waals surface area contributed by atoms with Crippen LogP contribution >= 0.6 is 23.1 Å². The molecular formula is C16H12ClN3O3S. The smallest absolute Gasteiger partial charge is 0.293 e. The first-order chi connectivity index (χ1) is 11.5. The van der Waals surface area contributed by atoms with E-state index in [4.69, 9.17) is 16.0 Å². The molecule has 122 valence electrons. The highest BCUT2D eigenvalue weighted by molar-refractivity contribution is 7.09. The lowest BCUT2D eigenvalue weighted by atomic mass is 10.2. The van der Waals surface area contributed by atoms with Crippen LogP contribution in [0.5, 0.6) is 0 Å². The average Bonchev–Trinajstić information content (AvgIpc) is 3.17. The quantitative estimate of drug-likeness (QED) is 0.746. The number of benzene rings is 1. The summed E-state index contributed by atoms with van der Waals surface area (Å²) in [7, 11) is 0. The number of ketones is 1. The Morgan fingerprint density at radius 2 is 1.96 bits per heavy atom. The Morgan fingerprint density at radius 3 is 2.67 bits per heavy atom. The van der Waals surface area contributed by atoms with Gasteiger partial charge in [-0.2, -0.15) is 4.37 Å². The first-order valence-electron chi connectivity index (χ1n) is 7.00. The van der Waals surface area contributed by atoms with Gasteiger partial charge in [0.25, 0.3) is 5.91 Å². The average molecular weight is 362 g/mol. The van der Waals surface area contributed by atoms with E-state index < -0.39 is 5.91 Å². The van der Waals surface area contributed by atoms with Gasteiger partial charge in [-0.1, -0.05) is 11.6 Å². The summed E-state index contributed by atoms with van der Waals surface area (Å²) in [5.41, 5.74) is 0.818. The third-order valence-electron chi connectivity index (χ3n) is 3.05. The number of aromatic nitrogens is 2. The second-order valence-electron chi connectivity index (χ2n) is 5.02. The molecule has 24 heavy (non-hydrogen) atoms. The molecule has 0 aliphatic heterocycles. The molecule has 0 unspecified atom stereocenters. The number of rotatable bonds is 5. The molecule has 3 aromatic rings. The lowest BCUT2D eigenvalue weighted by Crippen LogP contribution is -2.10. The van der Waals surface area contributed by atoms with Crippen LogP contribution in [0, 0.1) is 0 Å². The van der Waals surface area contributed by atoms with Crippen LogP contribution in [0.15, 0.2) is 40.8 Å². The van der Waals surface area contributed by atoms with Crippen molar-refractivity contribution in [3.63, 3.8) is 0 Å². The summed E-state index contributed by atoms with van der Waals surface area (Å²) in [6, 6.07) is 10.4. The first-order valence-corrected chi connectivity index (χ1v) is 8.15. The second-order valence-corrected chi connectivity index (χ2v) is 6.21. The fraction of sp³-hybridized carbons (Fsp3) is 0.125. The van der Waals surface area contributed by atoms with Crippen molar-refractivity contribution >= 4 is 40.0 Å². The molecule has 8 heteroatoms. The molecule has 1 N–H and O–H groups in total. The Balaban J connectivity index is 1.70. The molecule has 0 spiro atoms. The van der Waals surface area contributed by atoms with E-state index in [0.29, 0.717) is 21.7 Å². The van der Waals surface area contributed by atoms with E-state index in [1.807, 2.05) is 12.1 Å². The van der Waals surface area contributed by atoms with E-state index in [1.165, 1.54) is 6.92 Å². The zero-order valence-electron chi connectivity index (χ0n) is 12.6. The number of nitrogens with zero attached hydrogens (tertiary/aromatic N) is 2. The number of hydrogen-bond acceptors (Lipinski definition) is 6. The minimum absolute atomic E-state index is 0.0377. The number of carbonyl (C=O) groups excluding carboxylic acids is 2. The minimum Gasteiger partial charge on any atom is -0.451 e. The fourth-order valence-electron chi connectivity index (χ4n) is 1.99. The summed E-state index contributed by atoms with van der Waals surface area (Å²) in [6.45, 7) is 1.46. The number of halogens is 1. The highest BCUT2D eigenvalue weighted by Gasteiger charge is 2.15. The van der Waals surface area contributed by atoms with Crippen LogP contribution in [-0.2, 0) is 11.2 Å². The van der Waals surface area contributed by atoms with Crippen LogP contribution in [0.25, 0.3) is 11.3 Å². The van der Waals surface area contributed by atoms with Crippen LogP contribution < -0.4 is 5.32 Å². The zero-order valence-corrected chi connectivity index (χ0v) is 14.1. The standard InChI is InChI=1S/C16H12ClN3O3S/c1-9(21)8-14-18-16(24-20-14)19-15(22)13-7-6-12(23-13)10-2-4-11(17)5-3-10/h2-7H,8H2,1H3,(H,18,19,20,22). The molecule has 0 fully saturated rings. The van der Waals surface area contributed by atoms with Gasteiger partial charge < -0.3 is 4.42 Å². The summed E-state index contributed by atoms with van der Waals surface area (Å²) in [6.07, 6.45) is 0.147. The van der Waals surface area contributed by atoms with E-state index in [1.54, 1.807) is 24.3 Å². The molecule has 2 heterocycles. The van der Waals surface area contributed by atoms with Crippen molar-refractivity contribution in [2.45, 2.75) is 13.3 Å². The van der Waals surface area contributed by atoms with Crippen molar-refractivity contribution in [1.29, 1.82) is 0 Å². The van der Waals surface area contributed by atoms with E-state index in [-0.39, 0.29) is 18.0 Å². The third-order valence-corrected chi connectivity index (χ3v) is 3.97. The van der Waals surface area contributed by atoms with Crippen LogP contribution in [0.2, 0.25) is 5.02 Å². The molecule has 1 aromatic carbocycles. The SMILES string of the molecule is CC(=O)Cc1nsc(NC(=O)c2ccc(-c3ccc(Cl)cc3)o2)n1. The molecule has 0 aliphatic rings. The highest BCUT2D eigenvalue weighted by atomic mass is 35.5. The predicted molar refractivity (Wildman–Crippen MR) is 91.4 cm³/mol. The highest BCUT2D eigenvalue weighted by Crippen LogP contribution is 2.24. The maximum atomic E-state index is 12.2. The number of Topliss-reactive ketones (excluding diaryl/α,β-unsaturated/α-hetero) is 1. The second kappa shape index (κ2) is 6.94. The summed E-state index contributed by atoms with van der Waals surface area (Å²) in [5.74, 6) is 0.642. The maximum Gasteiger partial charge on any atom is 0.293 e. The Hall–Kier alpha value is -2.51. The normalized spacial score (nSPS) is 10.6. The fourth-order valence-corrected chi connectivity index (χ4v) is 2.69. The summed E-state index contributed by atoms with van der Waals surface area (Å²) in [5, 5.41) is 3.55. The summed E-state index contributed by atoms with van der Waals surface area (Å²) >= 11 is 6.87. The largest absolute Gasteiger partial charge is 0.451 e. The van der Waals surface area contributed by atoms with E-state index >= 15 is 0 Å². The number of anilines is 1. The summed E-state index contributed by atoms with van der Waals surface area (Å²) in [4.78, 5) is 27.3. The van der Waals surface area contributed by atoms with Gasteiger partial charge in [0.05, 0.1) is 6.42 Å². The lowest BCUT2D eigenvalue weighted by Gasteiger charge is -1.99. The van der Waals surface area contributed by atoms with Crippen LogP contribution in [-0.4, -0.2) is 21.0 Å². The number of furan rings is 1. The Labute approximate surface area is 146 Å². The van der Waals surface area contributed by atoms with Gasteiger partial charge in [-0.15, -0.1) is 0 Å². The molecular weight excluding hydrogens is 350 g/mol. The van der Waals surface area contributed by atoms with Crippen molar-refractivity contribution < 1.29 is 14.0 Å². The van der Waals surface area contributed by atoms with Crippen molar-refractivity contribution in [1.82, 2.24) is 9.36 Å². The van der Waals surface area contributed by atoms with Crippen LogP contribution in [0.4, 0.5) is 5.13 Å². The molecule has 0 radical (unpaired) electrons. The molecule has 2 aromatic heterocycles. The van der Waals surface area contributed by atoms with Gasteiger partial charge in [-0.3, -0.25) is 14.9 Å². The topological polar surface area (TPSA) is 85.1 Å². The Kier molecular flexibility index (Phi) is 4.73. The van der Waals surface area contributed by atoms with Gasteiger partial charge in [0.1, 0.15) is 11.5 Å². The van der Waals surface area contributed by atoms with Crippen molar-refractivity contribution in [2.75, 3.05) is 5.32 Å². The maximum absolute atomic E-state index is 12.2. The van der Waals surface area contributed by atoms with Crippen LogP contribution in [0.1, 0.15) is 23.3 Å². The number of hydrogen-bond donors (Lipinski definition) is 1. The lowest BCUT2D eigenvalue weighted by molar-refractivity contribution is -0.116.